The van der Waals surface area contributed by atoms with E-state index in [4.69, 9.17) is 0 Å². The molecule has 0 saturated carbocycles. The Morgan fingerprint density at radius 3 is 2.80 bits per heavy atom. The fraction of sp³-hybridized carbons (Fsp3) is 0.417. The van der Waals surface area contributed by atoms with E-state index in [1.54, 1.807) is 23.3 Å². The summed E-state index contributed by atoms with van der Waals surface area (Å²) < 4.78 is 1.77. The molecule has 1 amide bonds. The highest BCUT2D eigenvalue weighted by Gasteiger charge is 2.42. The largest absolute Gasteiger partial charge is 0.321 e. The van der Waals surface area contributed by atoms with Crippen LogP contribution in [0.2, 0.25) is 0 Å². The van der Waals surface area contributed by atoms with Crippen LogP contribution >= 0.6 is 12.4 Å². The van der Waals surface area contributed by atoms with E-state index in [-0.39, 0.29) is 18.3 Å². The molecule has 7 nitrogen and oxygen atoms in total. The quantitative estimate of drug-likeness (QED) is 0.780. The normalized spacial score (nSPS) is 17.2. The first-order chi connectivity index (χ1) is 9.31. The molecule has 3 rings (SSSR count). The number of amides is 1. The van der Waals surface area contributed by atoms with E-state index in [1.807, 2.05) is 12.3 Å². The molecule has 0 aromatic carbocycles. The van der Waals surface area contributed by atoms with Gasteiger partial charge in [-0.2, -0.15) is 10.2 Å². The first-order valence-electron chi connectivity index (χ1n) is 6.32. The molecular weight excluding hydrogens is 280 g/mol. The van der Waals surface area contributed by atoms with E-state index >= 15 is 0 Å². The van der Waals surface area contributed by atoms with Crippen molar-refractivity contribution in [3.05, 3.63) is 30.9 Å². The van der Waals surface area contributed by atoms with Gasteiger partial charge < -0.3 is 10.6 Å². The molecule has 0 aliphatic carbocycles. The Bertz CT molecular complexity index is 532. The summed E-state index contributed by atoms with van der Waals surface area (Å²) in [6, 6.07) is 1.84. The third-order valence-corrected chi connectivity index (χ3v) is 3.55. The van der Waals surface area contributed by atoms with Gasteiger partial charge >= 0.3 is 0 Å². The molecule has 3 N–H and O–H groups in total. The number of halogens is 1. The van der Waals surface area contributed by atoms with Gasteiger partial charge in [-0.3, -0.25) is 14.6 Å². The van der Waals surface area contributed by atoms with Crippen molar-refractivity contribution in [1.29, 1.82) is 0 Å². The summed E-state index contributed by atoms with van der Waals surface area (Å²) in [7, 11) is 0. The lowest BCUT2D eigenvalue weighted by molar-refractivity contribution is -0.126. The van der Waals surface area contributed by atoms with Gasteiger partial charge in [0, 0.05) is 18.6 Å². The molecular formula is C12H17ClN6O. The van der Waals surface area contributed by atoms with Gasteiger partial charge in [0.1, 0.15) is 5.54 Å². The Hall–Kier alpha value is -1.86. The van der Waals surface area contributed by atoms with Crippen molar-refractivity contribution >= 4 is 24.0 Å². The van der Waals surface area contributed by atoms with Gasteiger partial charge in [-0.15, -0.1) is 12.4 Å². The molecule has 108 valence electrons. The van der Waals surface area contributed by atoms with Gasteiger partial charge in [0.2, 0.25) is 0 Å². The van der Waals surface area contributed by atoms with Crippen molar-refractivity contribution in [2.45, 2.75) is 18.4 Å². The molecule has 0 unspecified atom stereocenters. The van der Waals surface area contributed by atoms with Crippen LogP contribution in [0.15, 0.2) is 30.9 Å². The van der Waals surface area contributed by atoms with Crippen LogP contribution < -0.4 is 10.6 Å². The summed E-state index contributed by atoms with van der Waals surface area (Å²) in [4.78, 5) is 12.6. The molecule has 8 heteroatoms. The van der Waals surface area contributed by atoms with Crippen LogP contribution in [0.5, 0.6) is 0 Å². The van der Waals surface area contributed by atoms with Crippen LogP contribution in [0.3, 0.4) is 0 Å². The molecule has 2 aromatic rings. The Labute approximate surface area is 122 Å². The third kappa shape index (κ3) is 2.54. The second-order valence-corrected chi connectivity index (χ2v) is 4.67. The molecule has 0 radical (unpaired) electrons. The maximum Gasteiger partial charge on any atom is 0.252 e. The van der Waals surface area contributed by atoms with Gasteiger partial charge in [-0.05, 0) is 32.0 Å². The summed E-state index contributed by atoms with van der Waals surface area (Å²) in [6.45, 7) is 1.61. The topological polar surface area (TPSA) is 87.6 Å². The predicted octanol–water partition coefficient (Wildman–Crippen LogP) is 0.745. The minimum absolute atomic E-state index is 0. The first-order valence-corrected chi connectivity index (χ1v) is 6.32. The van der Waals surface area contributed by atoms with Crippen LogP contribution in [0.4, 0.5) is 5.69 Å². The average molecular weight is 297 g/mol. The maximum absolute atomic E-state index is 12.6. The summed E-state index contributed by atoms with van der Waals surface area (Å²) in [5.41, 5.74) is 0.0570. The molecule has 1 aliphatic rings. The minimum atomic E-state index is -0.619. The second kappa shape index (κ2) is 6.06. The van der Waals surface area contributed by atoms with Crippen LogP contribution in [-0.4, -0.2) is 39.0 Å². The summed E-state index contributed by atoms with van der Waals surface area (Å²) in [6.07, 6.45) is 8.25. The third-order valence-electron chi connectivity index (χ3n) is 3.55. The molecule has 2 aromatic heterocycles. The second-order valence-electron chi connectivity index (χ2n) is 4.67. The molecule has 1 fully saturated rings. The smallest absolute Gasteiger partial charge is 0.252 e. The minimum Gasteiger partial charge on any atom is -0.321 e. The fourth-order valence-corrected chi connectivity index (χ4v) is 2.49. The van der Waals surface area contributed by atoms with Gasteiger partial charge in [0.25, 0.3) is 5.91 Å². The summed E-state index contributed by atoms with van der Waals surface area (Å²) >= 11 is 0. The van der Waals surface area contributed by atoms with E-state index in [2.05, 4.69) is 25.9 Å². The molecule has 20 heavy (non-hydrogen) atoms. The first kappa shape index (κ1) is 14.5. The fourth-order valence-electron chi connectivity index (χ4n) is 2.49. The molecule has 3 heterocycles. The number of nitrogens with one attached hydrogen (secondary N) is 3. The number of H-pyrrole nitrogens is 1. The molecule has 1 aliphatic heterocycles. The van der Waals surface area contributed by atoms with Crippen molar-refractivity contribution in [1.82, 2.24) is 25.3 Å². The number of anilines is 1. The number of rotatable bonds is 3. The highest BCUT2D eigenvalue weighted by Crippen LogP contribution is 2.28. The zero-order valence-corrected chi connectivity index (χ0v) is 11.7. The number of hydrogen-bond donors (Lipinski definition) is 3. The maximum atomic E-state index is 12.6. The number of carbonyl (C=O) groups excluding carboxylic acids is 1. The lowest BCUT2D eigenvalue weighted by Gasteiger charge is -2.36. The number of nitrogens with zero attached hydrogens (tertiary/aromatic N) is 3. The number of carbonyl (C=O) groups is 1. The van der Waals surface area contributed by atoms with Crippen molar-refractivity contribution < 1.29 is 4.79 Å². The molecule has 0 bridgehead atoms. The number of piperidine rings is 1. The van der Waals surface area contributed by atoms with Gasteiger partial charge in [-0.1, -0.05) is 0 Å². The van der Waals surface area contributed by atoms with Crippen molar-refractivity contribution in [2.24, 2.45) is 0 Å². The van der Waals surface area contributed by atoms with Crippen molar-refractivity contribution in [3.8, 4) is 0 Å². The Morgan fingerprint density at radius 1 is 1.40 bits per heavy atom. The van der Waals surface area contributed by atoms with E-state index in [1.165, 1.54) is 0 Å². The van der Waals surface area contributed by atoms with Gasteiger partial charge in [-0.25, -0.2) is 0 Å². The number of aromatic nitrogens is 4. The number of hydrogen-bond acceptors (Lipinski definition) is 4. The lowest BCUT2D eigenvalue weighted by Crippen LogP contribution is -2.52. The predicted molar refractivity (Wildman–Crippen MR) is 76.8 cm³/mol. The Morgan fingerprint density at radius 2 is 2.20 bits per heavy atom. The van der Waals surface area contributed by atoms with Crippen molar-refractivity contribution in [2.75, 3.05) is 18.4 Å². The van der Waals surface area contributed by atoms with Crippen LogP contribution in [0, 0.1) is 0 Å². The van der Waals surface area contributed by atoms with E-state index in [0.717, 1.165) is 25.9 Å². The van der Waals surface area contributed by atoms with Crippen LogP contribution in [-0.2, 0) is 10.3 Å². The molecule has 1 saturated heterocycles. The van der Waals surface area contributed by atoms with Crippen molar-refractivity contribution in [3.63, 3.8) is 0 Å². The monoisotopic (exact) mass is 296 g/mol. The zero-order chi connectivity index (χ0) is 13.1. The number of aromatic amines is 1. The SMILES string of the molecule is Cl.O=C(Nc1cn[nH]c1)C1(n2cccn2)CCNCC1. The van der Waals surface area contributed by atoms with Gasteiger partial charge in [0.05, 0.1) is 11.9 Å². The summed E-state index contributed by atoms with van der Waals surface area (Å²) in [5, 5.41) is 17.0. The highest BCUT2D eigenvalue weighted by atomic mass is 35.5. The van der Waals surface area contributed by atoms with E-state index in [0.29, 0.717) is 5.69 Å². The summed E-state index contributed by atoms with van der Waals surface area (Å²) in [5.74, 6) is -0.0425. The standard InChI is InChI=1S/C12H16N6O.ClH/c19-11(17-10-8-14-15-9-10)12(2-5-13-6-3-12)18-7-1-4-16-18;/h1,4,7-9,13H,2-3,5-6H2,(H,14,15)(H,17,19);1H. The van der Waals surface area contributed by atoms with Crippen LogP contribution in [0.25, 0.3) is 0 Å². The highest BCUT2D eigenvalue weighted by molar-refractivity contribution is 5.96. The van der Waals surface area contributed by atoms with E-state index < -0.39 is 5.54 Å². The average Bonchev–Trinajstić information content (AvgIpc) is 3.12. The Kier molecular flexibility index (Phi) is 4.41. The van der Waals surface area contributed by atoms with E-state index in [9.17, 15) is 4.79 Å². The zero-order valence-electron chi connectivity index (χ0n) is 10.9. The molecule has 0 spiro atoms. The lowest BCUT2D eigenvalue weighted by atomic mass is 9.87. The van der Waals surface area contributed by atoms with Crippen LogP contribution in [0.1, 0.15) is 12.8 Å². The Balaban J connectivity index is 0.00000147. The molecule has 0 atom stereocenters. The van der Waals surface area contributed by atoms with Gasteiger partial charge in [0.15, 0.2) is 0 Å².